The highest BCUT2D eigenvalue weighted by Gasteiger charge is 2.52. The summed E-state index contributed by atoms with van der Waals surface area (Å²) in [5.41, 5.74) is 6.13. The van der Waals surface area contributed by atoms with Crippen LogP contribution in [0.2, 0.25) is 0 Å². The van der Waals surface area contributed by atoms with Crippen molar-refractivity contribution in [3.63, 3.8) is 0 Å². The second kappa shape index (κ2) is 7.85. The quantitative estimate of drug-likeness (QED) is 0.503. The summed E-state index contributed by atoms with van der Waals surface area (Å²) in [6, 6.07) is 0. The largest absolute Gasteiger partial charge is 0.393 e. The number of hydrogen-bond donors (Lipinski definition) is 1. The second-order valence-corrected chi connectivity index (χ2v) is 12.2. The van der Waals surface area contributed by atoms with E-state index in [9.17, 15) is 5.11 Å². The average Bonchev–Trinajstić information content (AvgIpc) is 3.03. The fourth-order valence-electron chi connectivity index (χ4n) is 7.79. The Morgan fingerprint density at radius 2 is 1.76 bits per heavy atom. The monoisotopic (exact) mass is 398 g/mol. The topological polar surface area (TPSA) is 20.2 Å². The number of aliphatic hydroxyl groups is 1. The zero-order chi connectivity index (χ0) is 21.0. The lowest BCUT2D eigenvalue weighted by Crippen LogP contribution is -2.44. The molecule has 0 saturated heterocycles. The van der Waals surface area contributed by atoms with Gasteiger partial charge in [0.05, 0.1) is 6.10 Å². The first kappa shape index (κ1) is 21.7. The summed E-state index contributed by atoms with van der Waals surface area (Å²) in [6.07, 6.45) is 15.2. The highest BCUT2D eigenvalue weighted by atomic mass is 16.3. The van der Waals surface area contributed by atoms with Gasteiger partial charge in [0.25, 0.3) is 0 Å². The summed E-state index contributed by atoms with van der Waals surface area (Å²) in [5.74, 6) is 4.03. The van der Waals surface area contributed by atoms with Crippen LogP contribution in [0.4, 0.5) is 0 Å². The number of hydrogen-bond acceptors (Lipinski definition) is 1. The Hall–Kier alpha value is -0.560. The molecule has 0 aromatic heterocycles. The lowest BCUT2D eigenvalue weighted by molar-refractivity contribution is 0.0225. The van der Waals surface area contributed by atoms with E-state index in [1.807, 2.05) is 5.57 Å². The van der Waals surface area contributed by atoms with Gasteiger partial charge in [-0.25, -0.2) is 0 Å². The molecule has 0 radical (unpaired) electrons. The molecule has 0 aliphatic heterocycles. The molecule has 164 valence electrons. The van der Waals surface area contributed by atoms with Crippen molar-refractivity contribution in [3.8, 4) is 0 Å². The van der Waals surface area contributed by atoms with Crippen molar-refractivity contribution < 1.29 is 5.11 Å². The van der Waals surface area contributed by atoms with Crippen molar-refractivity contribution in [2.75, 3.05) is 0 Å². The molecule has 0 spiro atoms. The molecule has 29 heavy (non-hydrogen) atoms. The van der Waals surface area contributed by atoms with Gasteiger partial charge in [-0.05, 0) is 103 Å². The third kappa shape index (κ3) is 3.58. The molecule has 0 amide bonds. The van der Waals surface area contributed by atoms with Gasteiger partial charge in [-0.2, -0.15) is 0 Å². The van der Waals surface area contributed by atoms with Gasteiger partial charge in [0.2, 0.25) is 0 Å². The highest BCUT2D eigenvalue weighted by Crippen LogP contribution is 2.64. The van der Waals surface area contributed by atoms with Gasteiger partial charge in [0.1, 0.15) is 0 Å². The smallest absolute Gasteiger partial charge is 0.0543 e. The molecule has 1 fully saturated rings. The SMILES string of the molecule is CC(C)C(C)CCC(C)[C@H]1CC=C2C3=C(CC[C@@]21C)[C@@]1(C)CC[C@H](O)C[C@@H]1CC3. The molecule has 0 heterocycles. The fourth-order valence-corrected chi connectivity index (χ4v) is 7.79. The predicted octanol–water partition coefficient (Wildman–Crippen LogP) is 7.70. The minimum Gasteiger partial charge on any atom is -0.393 e. The van der Waals surface area contributed by atoms with E-state index < -0.39 is 0 Å². The van der Waals surface area contributed by atoms with E-state index in [0.717, 1.165) is 36.5 Å². The fraction of sp³-hybridized carbons (Fsp3) is 0.857. The van der Waals surface area contributed by atoms with Gasteiger partial charge in [-0.15, -0.1) is 0 Å². The zero-order valence-electron chi connectivity index (χ0n) is 20.1. The standard InChI is InChI=1S/C28H46O/c1-18(2)19(3)7-8-20(4)24-11-12-25-23-10-9-21-17-22(29)13-15-27(21,5)26(23)14-16-28(24,25)6/h12,18-22,24,29H,7-11,13-17H2,1-6H3/t19?,20?,21-,22-,24+,27-,28+/m0/s1. The molecule has 2 unspecified atom stereocenters. The van der Waals surface area contributed by atoms with Crippen molar-refractivity contribution in [2.24, 2.45) is 40.4 Å². The number of rotatable bonds is 5. The summed E-state index contributed by atoms with van der Waals surface area (Å²) in [6.45, 7) is 14.9. The molecule has 1 saturated carbocycles. The summed E-state index contributed by atoms with van der Waals surface area (Å²) in [7, 11) is 0. The Labute approximate surface area is 180 Å². The van der Waals surface area contributed by atoms with Crippen LogP contribution in [0.25, 0.3) is 0 Å². The Morgan fingerprint density at radius 1 is 1.00 bits per heavy atom. The number of aliphatic hydroxyl groups excluding tert-OH is 1. The van der Waals surface area contributed by atoms with Crippen LogP contribution in [0.1, 0.15) is 106 Å². The first-order chi connectivity index (χ1) is 13.7. The molecule has 0 bridgehead atoms. The molecule has 4 aliphatic carbocycles. The van der Waals surface area contributed by atoms with E-state index in [4.69, 9.17) is 0 Å². The maximum atomic E-state index is 10.2. The normalized spacial score (nSPS) is 41.5. The first-order valence-corrected chi connectivity index (χ1v) is 12.8. The van der Waals surface area contributed by atoms with Crippen molar-refractivity contribution in [2.45, 2.75) is 112 Å². The Kier molecular flexibility index (Phi) is 5.86. The van der Waals surface area contributed by atoms with E-state index in [-0.39, 0.29) is 6.10 Å². The van der Waals surface area contributed by atoms with Crippen molar-refractivity contribution in [1.82, 2.24) is 0 Å². The molecular formula is C28H46O. The van der Waals surface area contributed by atoms with Gasteiger partial charge < -0.3 is 5.11 Å². The minimum atomic E-state index is -0.0479. The summed E-state index contributed by atoms with van der Waals surface area (Å²) in [5, 5.41) is 10.2. The van der Waals surface area contributed by atoms with Crippen LogP contribution in [0.15, 0.2) is 22.8 Å². The van der Waals surface area contributed by atoms with Crippen molar-refractivity contribution in [3.05, 3.63) is 22.8 Å². The molecule has 4 rings (SSSR count). The average molecular weight is 399 g/mol. The Balaban J connectivity index is 1.53. The van der Waals surface area contributed by atoms with Crippen LogP contribution in [0.5, 0.6) is 0 Å². The van der Waals surface area contributed by atoms with Crippen LogP contribution in [0.3, 0.4) is 0 Å². The van der Waals surface area contributed by atoms with Crippen LogP contribution in [0, 0.1) is 40.4 Å². The minimum absolute atomic E-state index is 0.0479. The molecular weight excluding hydrogens is 352 g/mol. The summed E-state index contributed by atoms with van der Waals surface area (Å²) < 4.78 is 0. The highest BCUT2D eigenvalue weighted by molar-refractivity contribution is 5.49. The molecule has 0 aromatic carbocycles. The van der Waals surface area contributed by atoms with E-state index in [1.165, 1.54) is 51.4 Å². The molecule has 0 aromatic rings. The molecule has 1 nitrogen and oxygen atoms in total. The van der Waals surface area contributed by atoms with Crippen LogP contribution in [-0.4, -0.2) is 11.2 Å². The van der Waals surface area contributed by atoms with Crippen molar-refractivity contribution >= 4 is 0 Å². The third-order valence-electron chi connectivity index (χ3n) is 10.4. The first-order valence-electron chi connectivity index (χ1n) is 12.8. The van der Waals surface area contributed by atoms with E-state index in [1.54, 1.807) is 11.1 Å². The van der Waals surface area contributed by atoms with Crippen LogP contribution >= 0.6 is 0 Å². The van der Waals surface area contributed by atoms with Crippen LogP contribution < -0.4 is 0 Å². The van der Waals surface area contributed by atoms with E-state index >= 15 is 0 Å². The predicted molar refractivity (Wildman–Crippen MR) is 124 cm³/mol. The lowest BCUT2D eigenvalue weighted by atomic mass is 9.51. The third-order valence-corrected chi connectivity index (χ3v) is 10.4. The number of fused-ring (bicyclic) bond motifs is 4. The Morgan fingerprint density at radius 3 is 2.48 bits per heavy atom. The van der Waals surface area contributed by atoms with Gasteiger partial charge in [-0.3, -0.25) is 0 Å². The van der Waals surface area contributed by atoms with Crippen molar-refractivity contribution in [1.29, 1.82) is 0 Å². The van der Waals surface area contributed by atoms with Crippen LogP contribution in [-0.2, 0) is 0 Å². The van der Waals surface area contributed by atoms with E-state index in [0.29, 0.717) is 16.7 Å². The summed E-state index contributed by atoms with van der Waals surface area (Å²) >= 11 is 0. The van der Waals surface area contributed by atoms with Gasteiger partial charge in [0, 0.05) is 0 Å². The van der Waals surface area contributed by atoms with Gasteiger partial charge in [-0.1, -0.05) is 66.0 Å². The maximum absolute atomic E-state index is 10.2. The molecule has 1 heteroatoms. The molecule has 4 aliphatic rings. The maximum Gasteiger partial charge on any atom is 0.0543 e. The van der Waals surface area contributed by atoms with E-state index in [2.05, 4.69) is 47.6 Å². The zero-order valence-corrected chi connectivity index (χ0v) is 20.1. The lowest BCUT2D eigenvalue weighted by Gasteiger charge is -2.54. The van der Waals surface area contributed by atoms with Gasteiger partial charge >= 0.3 is 0 Å². The molecule has 7 atom stereocenters. The number of allylic oxidation sites excluding steroid dienone is 4. The molecule has 1 N–H and O–H groups in total. The second-order valence-electron chi connectivity index (χ2n) is 12.2. The summed E-state index contributed by atoms with van der Waals surface area (Å²) in [4.78, 5) is 0. The van der Waals surface area contributed by atoms with Gasteiger partial charge in [0.15, 0.2) is 0 Å². The Bertz CT molecular complexity index is 684.